The molecule has 2 heterocycles. The minimum Gasteiger partial charge on any atom is -0.507 e. The van der Waals surface area contributed by atoms with E-state index in [-0.39, 0.29) is 5.92 Å². The number of piperidine rings is 1. The van der Waals surface area contributed by atoms with Crippen molar-refractivity contribution in [3.63, 3.8) is 0 Å². The number of fused-ring (bicyclic) bond motifs is 1. The molecule has 0 aromatic heterocycles. The standard InChI is InChI=1S/C14H14OS.C6H11NO2/c15-13-7-8-14(16-9-3-4-10-16)12-6-2-1-5-11(12)13;8-6(9)5-1-3-7-4-2-5/h1-2,5-8H,3-4,9-10H2;5,7H,1-4H2,(H,8,9)/p+1. The molecular weight excluding hydrogens is 334 g/mol. The van der Waals surface area contributed by atoms with Crippen molar-refractivity contribution < 1.29 is 15.0 Å². The number of nitrogens with one attached hydrogen (secondary N) is 1. The van der Waals surface area contributed by atoms with Crippen molar-refractivity contribution in [1.29, 1.82) is 0 Å². The number of carboxylic acids is 1. The molecule has 2 aliphatic heterocycles. The summed E-state index contributed by atoms with van der Waals surface area (Å²) in [5, 5.41) is 23.7. The maximum absolute atomic E-state index is 10.3. The Labute approximate surface area is 151 Å². The van der Waals surface area contributed by atoms with Crippen molar-refractivity contribution >= 4 is 27.6 Å². The molecule has 0 spiro atoms. The average Bonchev–Trinajstić information content (AvgIpc) is 3.18. The van der Waals surface area contributed by atoms with Gasteiger partial charge in [0.1, 0.15) is 17.3 Å². The Bertz CT molecular complexity index is 722. The average molecular weight is 360 g/mol. The number of benzene rings is 2. The molecule has 0 aliphatic carbocycles. The van der Waals surface area contributed by atoms with Crippen LogP contribution in [0.3, 0.4) is 0 Å². The van der Waals surface area contributed by atoms with Gasteiger partial charge in [-0.15, -0.1) is 0 Å². The summed E-state index contributed by atoms with van der Waals surface area (Å²) in [6.07, 6.45) is 4.29. The smallest absolute Gasteiger partial charge is 0.306 e. The van der Waals surface area contributed by atoms with Gasteiger partial charge < -0.3 is 15.5 Å². The van der Waals surface area contributed by atoms with E-state index in [2.05, 4.69) is 23.5 Å². The number of carbonyl (C=O) groups is 1. The number of carboxylic acid groups (broad SMARTS) is 1. The van der Waals surface area contributed by atoms with Crippen LogP contribution in [-0.4, -0.2) is 40.8 Å². The molecule has 4 rings (SSSR count). The van der Waals surface area contributed by atoms with Crippen LogP contribution in [0.1, 0.15) is 25.7 Å². The molecule has 2 aliphatic rings. The number of aromatic hydroxyl groups is 1. The van der Waals surface area contributed by atoms with E-state index in [1.165, 1.54) is 34.6 Å². The largest absolute Gasteiger partial charge is 0.507 e. The van der Waals surface area contributed by atoms with Gasteiger partial charge in [0.05, 0.1) is 5.92 Å². The lowest BCUT2D eigenvalue weighted by Crippen LogP contribution is -2.31. The predicted octanol–water partition coefficient (Wildman–Crippen LogP) is 3.39. The molecular formula is C20H26NO3S+. The molecule has 2 fully saturated rings. The highest BCUT2D eigenvalue weighted by molar-refractivity contribution is 7.97. The van der Waals surface area contributed by atoms with Crippen molar-refractivity contribution in [2.24, 2.45) is 5.92 Å². The van der Waals surface area contributed by atoms with E-state index in [1.807, 2.05) is 18.2 Å². The quantitative estimate of drug-likeness (QED) is 0.718. The van der Waals surface area contributed by atoms with Gasteiger partial charge in [0.2, 0.25) is 0 Å². The van der Waals surface area contributed by atoms with Crippen LogP contribution in [-0.2, 0) is 15.7 Å². The number of rotatable bonds is 2. The Balaban J connectivity index is 0.000000173. The van der Waals surface area contributed by atoms with Crippen molar-refractivity contribution in [3.05, 3.63) is 36.4 Å². The van der Waals surface area contributed by atoms with Crippen LogP contribution < -0.4 is 5.32 Å². The summed E-state index contributed by atoms with van der Waals surface area (Å²) in [5.74, 6) is 2.33. The van der Waals surface area contributed by atoms with Crippen molar-refractivity contribution in [1.82, 2.24) is 5.32 Å². The van der Waals surface area contributed by atoms with E-state index >= 15 is 0 Å². The molecule has 0 atom stereocenters. The number of aliphatic carboxylic acids is 1. The van der Waals surface area contributed by atoms with Crippen LogP contribution in [0.15, 0.2) is 41.3 Å². The lowest BCUT2D eigenvalue weighted by Gasteiger charge is -2.17. The number of hydrogen-bond donors (Lipinski definition) is 3. The lowest BCUT2D eigenvalue weighted by atomic mass is 9.99. The number of phenolic OH excluding ortho intramolecular Hbond substituents is 1. The first-order valence-electron chi connectivity index (χ1n) is 8.98. The first-order chi connectivity index (χ1) is 12.2. The summed E-state index contributed by atoms with van der Waals surface area (Å²) in [6.45, 7) is 1.72. The second-order valence-electron chi connectivity index (χ2n) is 6.60. The summed E-state index contributed by atoms with van der Waals surface area (Å²) in [5.41, 5.74) is 0. The molecule has 0 bridgehead atoms. The normalized spacial score (nSPS) is 18.7. The summed E-state index contributed by atoms with van der Waals surface area (Å²) in [7, 11) is 0.415. The first kappa shape index (κ1) is 18.1. The van der Waals surface area contributed by atoms with Gasteiger partial charge in [-0.1, -0.05) is 18.2 Å². The van der Waals surface area contributed by atoms with Gasteiger partial charge in [-0.3, -0.25) is 4.79 Å². The van der Waals surface area contributed by atoms with Crippen LogP contribution in [0.25, 0.3) is 10.8 Å². The zero-order valence-corrected chi connectivity index (χ0v) is 15.2. The predicted molar refractivity (Wildman–Crippen MR) is 103 cm³/mol. The fraction of sp³-hybridized carbons (Fsp3) is 0.450. The van der Waals surface area contributed by atoms with Crippen molar-refractivity contribution in [3.8, 4) is 5.75 Å². The third kappa shape index (κ3) is 4.47. The fourth-order valence-corrected chi connectivity index (χ4v) is 5.95. The number of phenols is 1. The van der Waals surface area contributed by atoms with Crippen LogP contribution in [0.4, 0.5) is 0 Å². The minimum absolute atomic E-state index is 0.0914. The molecule has 25 heavy (non-hydrogen) atoms. The highest BCUT2D eigenvalue weighted by Gasteiger charge is 2.28. The molecule has 2 aromatic carbocycles. The zero-order chi connectivity index (χ0) is 17.6. The van der Waals surface area contributed by atoms with Crippen LogP contribution >= 0.6 is 0 Å². The molecule has 0 saturated carbocycles. The van der Waals surface area contributed by atoms with Gasteiger partial charge in [-0.2, -0.15) is 0 Å². The summed E-state index contributed by atoms with van der Waals surface area (Å²) in [4.78, 5) is 11.8. The van der Waals surface area contributed by atoms with Gasteiger partial charge >= 0.3 is 5.97 Å². The molecule has 2 saturated heterocycles. The highest BCUT2D eigenvalue weighted by atomic mass is 32.2. The maximum atomic E-state index is 10.3. The second-order valence-corrected chi connectivity index (χ2v) is 8.84. The van der Waals surface area contributed by atoms with Crippen LogP contribution in [0.5, 0.6) is 5.75 Å². The molecule has 3 N–H and O–H groups in total. The van der Waals surface area contributed by atoms with Crippen LogP contribution in [0, 0.1) is 5.92 Å². The minimum atomic E-state index is -0.642. The van der Waals surface area contributed by atoms with Gasteiger partial charge in [0.25, 0.3) is 0 Å². The third-order valence-electron chi connectivity index (χ3n) is 4.89. The molecule has 2 aromatic rings. The van der Waals surface area contributed by atoms with Gasteiger partial charge in [0, 0.05) is 21.7 Å². The molecule has 4 nitrogen and oxygen atoms in total. The summed E-state index contributed by atoms with van der Waals surface area (Å²) >= 11 is 0. The molecule has 134 valence electrons. The Hall–Kier alpha value is -1.72. The van der Waals surface area contributed by atoms with E-state index in [9.17, 15) is 9.90 Å². The molecule has 0 radical (unpaired) electrons. The molecule has 5 heteroatoms. The fourth-order valence-electron chi connectivity index (χ4n) is 3.45. The van der Waals surface area contributed by atoms with E-state index in [0.29, 0.717) is 16.6 Å². The Morgan fingerprint density at radius 1 is 1.00 bits per heavy atom. The maximum Gasteiger partial charge on any atom is 0.306 e. The first-order valence-corrected chi connectivity index (χ1v) is 10.5. The monoisotopic (exact) mass is 360 g/mol. The van der Waals surface area contributed by atoms with E-state index < -0.39 is 5.97 Å². The van der Waals surface area contributed by atoms with E-state index in [4.69, 9.17) is 5.11 Å². The van der Waals surface area contributed by atoms with E-state index in [0.717, 1.165) is 31.3 Å². The Kier molecular flexibility index (Phi) is 6.21. The van der Waals surface area contributed by atoms with E-state index in [1.54, 1.807) is 0 Å². The zero-order valence-electron chi connectivity index (χ0n) is 14.4. The number of hydrogen-bond acceptors (Lipinski definition) is 3. The summed E-state index contributed by atoms with van der Waals surface area (Å²) < 4.78 is 0. The topological polar surface area (TPSA) is 69.6 Å². The second kappa shape index (κ2) is 8.59. The van der Waals surface area contributed by atoms with Gasteiger partial charge in [-0.05, 0) is 57.0 Å². The highest BCUT2D eigenvalue weighted by Crippen LogP contribution is 2.33. The Morgan fingerprint density at radius 3 is 2.24 bits per heavy atom. The SMILES string of the molecule is O=C(O)C1CCNCC1.Oc1ccc([S+]2CCCC2)c2ccccc12. The Morgan fingerprint density at radius 2 is 1.64 bits per heavy atom. The van der Waals surface area contributed by atoms with Gasteiger partial charge in [0.15, 0.2) is 4.90 Å². The van der Waals surface area contributed by atoms with Crippen LogP contribution in [0.2, 0.25) is 0 Å². The van der Waals surface area contributed by atoms with Crippen molar-refractivity contribution in [2.75, 3.05) is 24.6 Å². The third-order valence-corrected chi connectivity index (χ3v) is 7.43. The van der Waals surface area contributed by atoms with Crippen molar-refractivity contribution in [2.45, 2.75) is 30.6 Å². The lowest BCUT2D eigenvalue weighted by molar-refractivity contribution is -0.142. The summed E-state index contributed by atoms with van der Waals surface area (Å²) in [6, 6.07) is 12.2. The molecule has 0 unspecified atom stereocenters. The van der Waals surface area contributed by atoms with Gasteiger partial charge in [-0.25, -0.2) is 0 Å². The molecule has 0 amide bonds.